The lowest BCUT2D eigenvalue weighted by molar-refractivity contribution is -0.139. The van der Waals surface area contributed by atoms with Crippen molar-refractivity contribution in [3.8, 4) is 0 Å². The van der Waals surface area contributed by atoms with E-state index in [-0.39, 0.29) is 12.4 Å². The number of halogens is 3. The van der Waals surface area contributed by atoms with Crippen molar-refractivity contribution in [2.45, 2.75) is 11.8 Å². The Hall–Kier alpha value is -0.0600. The molecule has 0 N–H and O–H groups in total. The molecule has 0 saturated carbocycles. The largest absolute Gasteiger partial charge is 0.469 e. The number of esters is 1. The van der Waals surface area contributed by atoms with Gasteiger partial charge < -0.3 is 4.74 Å². The molecule has 0 unspecified atom stereocenters. The van der Waals surface area contributed by atoms with E-state index in [1.54, 1.807) is 6.07 Å². The van der Waals surface area contributed by atoms with E-state index in [4.69, 9.17) is 11.6 Å². The average Bonchev–Trinajstić information content (AvgIpc) is 2.22. The Bertz CT molecular complexity index is 380. The first kappa shape index (κ1) is 13.0. The summed E-state index contributed by atoms with van der Waals surface area (Å²) in [5.41, 5.74) is 1.91. The molecule has 0 saturated heterocycles. The molecule has 0 aliphatic rings. The summed E-state index contributed by atoms with van der Waals surface area (Å²) in [4.78, 5) is 11.2. The van der Waals surface area contributed by atoms with Gasteiger partial charge in [0.25, 0.3) is 0 Å². The fraction of sp³-hybridized carbons (Fsp3) is 0.300. The van der Waals surface area contributed by atoms with Gasteiger partial charge >= 0.3 is 5.97 Å². The number of hydrogen-bond acceptors (Lipinski definition) is 2. The second-order valence-corrected chi connectivity index (χ2v) is 4.74. The Labute approximate surface area is 110 Å². The van der Waals surface area contributed by atoms with Crippen molar-refractivity contribution in [2.24, 2.45) is 0 Å². The summed E-state index contributed by atoms with van der Waals surface area (Å²) in [7, 11) is 1.37. The topological polar surface area (TPSA) is 26.3 Å². The summed E-state index contributed by atoms with van der Waals surface area (Å²) < 4.78 is 5.44. The summed E-state index contributed by atoms with van der Waals surface area (Å²) in [6.07, 6.45) is 0.241. The Morgan fingerprint density at radius 1 is 1.47 bits per heavy atom. The van der Waals surface area contributed by atoms with Gasteiger partial charge in [0.1, 0.15) is 0 Å². The van der Waals surface area contributed by atoms with Crippen LogP contribution in [0.1, 0.15) is 11.1 Å². The smallest absolute Gasteiger partial charge is 0.309 e. The Balaban J connectivity index is 3.05. The lowest BCUT2D eigenvalue weighted by atomic mass is 10.1. The maximum atomic E-state index is 11.2. The SMILES string of the molecule is COC(=O)Cc1cc(Cl)c(Br)cc1CBr. The third-order valence-electron chi connectivity index (χ3n) is 1.95. The summed E-state index contributed by atoms with van der Waals surface area (Å²) in [6, 6.07) is 3.68. The van der Waals surface area contributed by atoms with Gasteiger partial charge in [-0.25, -0.2) is 0 Å². The van der Waals surface area contributed by atoms with Gasteiger partial charge in [-0.15, -0.1) is 0 Å². The normalized spacial score (nSPS) is 10.1. The van der Waals surface area contributed by atoms with E-state index in [1.807, 2.05) is 6.07 Å². The van der Waals surface area contributed by atoms with Gasteiger partial charge in [0.2, 0.25) is 0 Å². The first-order valence-corrected chi connectivity index (χ1v) is 6.47. The molecule has 0 aliphatic heterocycles. The zero-order valence-corrected chi connectivity index (χ0v) is 11.9. The minimum Gasteiger partial charge on any atom is -0.469 e. The van der Waals surface area contributed by atoms with Crippen molar-refractivity contribution in [1.29, 1.82) is 0 Å². The van der Waals surface area contributed by atoms with Crippen molar-refractivity contribution >= 4 is 49.4 Å². The highest BCUT2D eigenvalue weighted by molar-refractivity contribution is 9.10. The predicted octanol–water partition coefficient (Wildman–Crippen LogP) is 3.71. The van der Waals surface area contributed by atoms with Crippen LogP contribution < -0.4 is 0 Å². The van der Waals surface area contributed by atoms with E-state index in [2.05, 4.69) is 36.6 Å². The number of benzene rings is 1. The molecule has 5 heteroatoms. The minimum atomic E-state index is -0.268. The number of alkyl halides is 1. The number of methoxy groups -OCH3 is 1. The summed E-state index contributed by atoms with van der Waals surface area (Å²) in [5.74, 6) is -0.268. The summed E-state index contributed by atoms with van der Waals surface area (Å²) in [6.45, 7) is 0. The van der Waals surface area contributed by atoms with Gasteiger partial charge in [0.15, 0.2) is 0 Å². The van der Waals surface area contributed by atoms with E-state index < -0.39 is 0 Å². The minimum absolute atomic E-state index is 0.241. The van der Waals surface area contributed by atoms with Gasteiger partial charge in [-0.1, -0.05) is 27.5 Å². The summed E-state index contributed by atoms with van der Waals surface area (Å²) in [5, 5.41) is 1.27. The van der Waals surface area contributed by atoms with Crippen LogP contribution in [0.25, 0.3) is 0 Å². The van der Waals surface area contributed by atoms with Crippen LogP contribution >= 0.6 is 43.5 Å². The average molecular weight is 356 g/mol. The Morgan fingerprint density at radius 3 is 2.67 bits per heavy atom. The predicted molar refractivity (Wildman–Crippen MR) is 67.5 cm³/mol. The first-order chi connectivity index (χ1) is 7.08. The lowest BCUT2D eigenvalue weighted by Crippen LogP contribution is -2.06. The molecule has 2 nitrogen and oxygen atoms in total. The molecule has 1 aromatic carbocycles. The molecule has 15 heavy (non-hydrogen) atoms. The molecular formula is C10H9Br2ClO2. The molecule has 0 spiro atoms. The standard InChI is InChI=1S/C10H9Br2ClO2/c1-15-10(14)4-6-3-9(13)8(12)2-7(6)5-11/h2-3H,4-5H2,1H3. The Kier molecular flexibility index (Phi) is 5.09. The molecule has 1 rings (SSSR count). The molecule has 0 fully saturated rings. The molecule has 0 aliphatic carbocycles. The van der Waals surface area contributed by atoms with Crippen molar-refractivity contribution in [3.05, 3.63) is 32.8 Å². The van der Waals surface area contributed by atoms with Crippen LogP contribution in [0.2, 0.25) is 5.02 Å². The van der Waals surface area contributed by atoms with Gasteiger partial charge in [-0.3, -0.25) is 4.79 Å². The van der Waals surface area contributed by atoms with Gasteiger partial charge in [-0.2, -0.15) is 0 Å². The molecule has 1 aromatic rings. The quantitative estimate of drug-likeness (QED) is 0.610. The number of carbonyl (C=O) groups excluding carboxylic acids is 1. The van der Waals surface area contributed by atoms with E-state index in [0.717, 1.165) is 15.6 Å². The van der Waals surface area contributed by atoms with E-state index in [0.29, 0.717) is 10.4 Å². The molecule has 82 valence electrons. The van der Waals surface area contributed by atoms with Gasteiger partial charge in [0, 0.05) is 9.80 Å². The van der Waals surface area contributed by atoms with Crippen molar-refractivity contribution in [1.82, 2.24) is 0 Å². The number of rotatable bonds is 3. The van der Waals surface area contributed by atoms with Crippen LogP contribution in [0.4, 0.5) is 0 Å². The van der Waals surface area contributed by atoms with Gasteiger partial charge in [-0.05, 0) is 39.2 Å². The number of ether oxygens (including phenoxy) is 1. The van der Waals surface area contributed by atoms with E-state index in [1.165, 1.54) is 7.11 Å². The monoisotopic (exact) mass is 354 g/mol. The van der Waals surface area contributed by atoms with Crippen LogP contribution in [0, 0.1) is 0 Å². The number of hydrogen-bond donors (Lipinski definition) is 0. The van der Waals surface area contributed by atoms with Crippen LogP contribution in [0.3, 0.4) is 0 Å². The molecule has 0 atom stereocenters. The third kappa shape index (κ3) is 3.47. The highest BCUT2D eigenvalue weighted by atomic mass is 79.9. The first-order valence-electron chi connectivity index (χ1n) is 4.18. The molecular weight excluding hydrogens is 347 g/mol. The second-order valence-electron chi connectivity index (χ2n) is 2.92. The van der Waals surface area contributed by atoms with Crippen LogP contribution in [-0.4, -0.2) is 13.1 Å². The van der Waals surface area contributed by atoms with Crippen LogP contribution in [0.5, 0.6) is 0 Å². The molecule has 0 aromatic heterocycles. The van der Waals surface area contributed by atoms with Crippen molar-refractivity contribution in [2.75, 3.05) is 7.11 Å². The van der Waals surface area contributed by atoms with Crippen LogP contribution in [-0.2, 0) is 21.3 Å². The van der Waals surface area contributed by atoms with Crippen LogP contribution in [0.15, 0.2) is 16.6 Å². The maximum absolute atomic E-state index is 11.2. The van der Waals surface area contributed by atoms with E-state index in [9.17, 15) is 4.79 Å². The number of carbonyl (C=O) groups is 1. The van der Waals surface area contributed by atoms with E-state index >= 15 is 0 Å². The molecule has 0 bridgehead atoms. The zero-order valence-electron chi connectivity index (χ0n) is 8.02. The highest BCUT2D eigenvalue weighted by Crippen LogP contribution is 2.28. The lowest BCUT2D eigenvalue weighted by Gasteiger charge is -2.08. The molecule has 0 heterocycles. The molecule has 0 amide bonds. The Morgan fingerprint density at radius 2 is 2.13 bits per heavy atom. The van der Waals surface area contributed by atoms with Crippen molar-refractivity contribution < 1.29 is 9.53 Å². The second kappa shape index (κ2) is 5.87. The third-order valence-corrected chi connectivity index (χ3v) is 3.75. The maximum Gasteiger partial charge on any atom is 0.309 e. The van der Waals surface area contributed by atoms with Crippen molar-refractivity contribution in [3.63, 3.8) is 0 Å². The fourth-order valence-corrected chi connectivity index (χ4v) is 2.24. The fourth-order valence-electron chi connectivity index (χ4n) is 1.15. The highest BCUT2D eigenvalue weighted by Gasteiger charge is 2.10. The van der Waals surface area contributed by atoms with Gasteiger partial charge in [0.05, 0.1) is 18.6 Å². The molecule has 0 radical (unpaired) electrons. The summed E-state index contributed by atoms with van der Waals surface area (Å²) >= 11 is 12.7. The zero-order chi connectivity index (χ0) is 11.4.